The lowest BCUT2D eigenvalue weighted by molar-refractivity contribution is -0.120. The van der Waals surface area contributed by atoms with Gasteiger partial charge in [0, 0.05) is 18.2 Å². The number of nitrogens with one attached hydrogen (secondary N) is 2. The van der Waals surface area contributed by atoms with Gasteiger partial charge in [-0.1, -0.05) is 13.8 Å². The highest BCUT2D eigenvalue weighted by atomic mass is 35.5. The Morgan fingerprint density at radius 1 is 1.21 bits per heavy atom. The number of nitrogens with zero attached hydrogens (tertiary/aromatic N) is 1. The van der Waals surface area contributed by atoms with Gasteiger partial charge >= 0.3 is 0 Å². The maximum absolute atomic E-state index is 12.2. The first-order valence-electron chi connectivity index (χ1n) is 8.69. The van der Waals surface area contributed by atoms with Crippen LogP contribution in [0.3, 0.4) is 0 Å². The predicted molar refractivity (Wildman–Crippen MR) is 101 cm³/mol. The van der Waals surface area contributed by atoms with E-state index in [1.807, 2.05) is 24.3 Å². The number of hydrogen-bond acceptors (Lipinski definition) is 4. The van der Waals surface area contributed by atoms with Crippen LogP contribution < -0.4 is 15.4 Å². The molecular formula is C18H30ClN3O2. The summed E-state index contributed by atoms with van der Waals surface area (Å²) < 4.78 is 5.75. The van der Waals surface area contributed by atoms with E-state index in [-0.39, 0.29) is 24.2 Å². The molecule has 0 spiro atoms. The molecule has 1 fully saturated rings. The Balaban J connectivity index is 0.00000288. The average molecular weight is 356 g/mol. The molecule has 0 bridgehead atoms. The second-order valence-electron chi connectivity index (χ2n) is 5.91. The van der Waals surface area contributed by atoms with E-state index < -0.39 is 0 Å². The number of anilines is 1. The standard InChI is InChI=1S/C18H29N3O2.ClH/c1-3-21(4-2)13-14-23-17-7-5-16(6-8-17)20-18(22)15-9-11-19-12-10-15;/h5-8,15,19H,3-4,9-14H2,1-2H3,(H,20,22);1H. The van der Waals surface area contributed by atoms with Gasteiger partial charge in [0.2, 0.25) is 5.91 Å². The molecule has 0 saturated carbocycles. The maximum atomic E-state index is 12.2. The molecule has 136 valence electrons. The van der Waals surface area contributed by atoms with Crippen molar-refractivity contribution in [1.82, 2.24) is 10.2 Å². The van der Waals surface area contributed by atoms with Crippen molar-refractivity contribution in [2.24, 2.45) is 5.92 Å². The molecule has 1 aromatic carbocycles. The third-order valence-corrected chi connectivity index (χ3v) is 4.40. The summed E-state index contributed by atoms with van der Waals surface area (Å²) in [5.74, 6) is 1.10. The molecule has 1 amide bonds. The smallest absolute Gasteiger partial charge is 0.227 e. The highest BCUT2D eigenvalue weighted by molar-refractivity contribution is 5.92. The highest BCUT2D eigenvalue weighted by Gasteiger charge is 2.20. The molecule has 0 aromatic heterocycles. The molecule has 24 heavy (non-hydrogen) atoms. The van der Waals surface area contributed by atoms with E-state index in [0.29, 0.717) is 6.61 Å². The number of carbonyl (C=O) groups excluding carboxylic acids is 1. The lowest BCUT2D eigenvalue weighted by atomic mass is 9.97. The Hall–Kier alpha value is -1.30. The number of carbonyl (C=O) groups is 1. The zero-order chi connectivity index (χ0) is 16.5. The SMILES string of the molecule is CCN(CC)CCOc1ccc(NC(=O)C2CCNCC2)cc1.Cl. The van der Waals surface area contributed by atoms with Gasteiger partial charge < -0.3 is 20.3 Å². The second kappa shape index (κ2) is 11.3. The number of rotatable bonds is 8. The van der Waals surface area contributed by atoms with Crippen LogP contribution >= 0.6 is 12.4 Å². The molecule has 0 unspecified atom stereocenters. The number of piperidine rings is 1. The summed E-state index contributed by atoms with van der Waals surface area (Å²) in [7, 11) is 0. The third kappa shape index (κ3) is 6.67. The fraction of sp³-hybridized carbons (Fsp3) is 0.611. The van der Waals surface area contributed by atoms with Gasteiger partial charge in [-0.25, -0.2) is 0 Å². The minimum Gasteiger partial charge on any atom is -0.492 e. The van der Waals surface area contributed by atoms with Crippen LogP contribution in [0.1, 0.15) is 26.7 Å². The predicted octanol–water partition coefficient (Wildman–Crippen LogP) is 2.77. The van der Waals surface area contributed by atoms with Crippen LogP contribution in [0.2, 0.25) is 0 Å². The zero-order valence-corrected chi connectivity index (χ0v) is 15.5. The van der Waals surface area contributed by atoms with Gasteiger partial charge in [0.15, 0.2) is 0 Å². The number of hydrogen-bond donors (Lipinski definition) is 2. The van der Waals surface area contributed by atoms with Crippen LogP contribution in [0.15, 0.2) is 24.3 Å². The second-order valence-corrected chi connectivity index (χ2v) is 5.91. The van der Waals surface area contributed by atoms with E-state index >= 15 is 0 Å². The maximum Gasteiger partial charge on any atom is 0.227 e. The fourth-order valence-electron chi connectivity index (χ4n) is 2.80. The summed E-state index contributed by atoms with van der Waals surface area (Å²) in [6, 6.07) is 7.65. The van der Waals surface area contributed by atoms with Crippen molar-refractivity contribution < 1.29 is 9.53 Å². The number of likely N-dealkylation sites (N-methyl/N-ethyl adjacent to an activating group) is 1. The molecule has 5 nitrogen and oxygen atoms in total. The monoisotopic (exact) mass is 355 g/mol. The third-order valence-electron chi connectivity index (χ3n) is 4.40. The quantitative estimate of drug-likeness (QED) is 0.753. The van der Waals surface area contributed by atoms with Gasteiger partial charge in [-0.2, -0.15) is 0 Å². The van der Waals surface area contributed by atoms with Gasteiger partial charge in [0.25, 0.3) is 0 Å². The van der Waals surface area contributed by atoms with E-state index in [1.165, 1.54) is 0 Å². The van der Waals surface area contributed by atoms with Crippen molar-refractivity contribution in [2.45, 2.75) is 26.7 Å². The summed E-state index contributed by atoms with van der Waals surface area (Å²) in [5, 5.41) is 6.28. The first kappa shape index (κ1) is 20.7. The van der Waals surface area contributed by atoms with Crippen LogP contribution in [0.4, 0.5) is 5.69 Å². The Bertz CT molecular complexity index is 472. The van der Waals surface area contributed by atoms with Crippen molar-refractivity contribution in [1.29, 1.82) is 0 Å². The molecule has 2 N–H and O–H groups in total. The molecule has 1 aliphatic heterocycles. The molecule has 0 aliphatic carbocycles. The molecule has 1 aliphatic rings. The topological polar surface area (TPSA) is 53.6 Å². The lowest BCUT2D eigenvalue weighted by Crippen LogP contribution is -2.34. The normalized spacial score (nSPS) is 15.0. The van der Waals surface area contributed by atoms with Gasteiger partial charge in [-0.15, -0.1) is 12.4 Å². The zero-order valence-electron chi connectivity index (χ0n) is 14.7. The molecular weight excluding hydrogens is 326 g/mol. The Morgan fingerprint density at radius 3 is 2.42 bits per heavy atom. The molecule has 0 radical (unpaired) electrons. The Labute approximate surface area is 151 Å². The molecule has 1 aromatic rings. The van der Waals surface area contributed by atoms with Crippen LogP contribution in [-0.2, 0) is 4.79 Å². The minimum atomic E-state index is 0. The number of benzene rings is 1. The van der Waals surface area contributed by atoms with Crippen molar-refractivity contribution in [3.05, 3.63) is 24.3 Å². The lowest BCUT2D eigenvalue weighted by Gasteiger charge is -2.21. The minimum absolute atomic E-state index is 0. The first-order valence-corrected chi connectivity index (χ1v) is 8.69. The summed E-state index contributed by atoms with van der Waals surface area (Å²) in [5.41, 5.74) is 0.838. The summed E-state index contributed by atoms with van der Waals surface area (Å²) in [6.07, 6.45) is 1.83. The number of amides is 1. The molecule has 2 rings (SSSR count). The summed E-state index contributed by atoms with van der Waals surface area (Å²) in [6.45, 7) is 9.87. The Morgan fingerprint density at radius 2 is 1.83 bits per heavy atom. The average Bonchev–Trinajstić information content (AvgIpc) is 2.61. The van der Waals surface area contributed by atoms with Crippen LogP contribution in [-0.4, -0.2) is 50.1 Å². The van der Waals surface area contributed by atoms with E-state index in [1.54, 1.807) is 0 Å². The molecule has 6 heteroatoms. The largest absolute Gasteiger partial charge is 0.492 e. The van der Waals surface area contributed by atoms with Gasteiger partial charge in [0.1, 0.15) is 12.4 Å². The number of ether oxygens (including phenoxy) is 1. The Kier molecular flexibility index (Phi) is 9.76. The van der Waals surface area contributed by atoms with E-state index in [0.717, 1.165) is 57.0 Å². The van der Waals surface area contributed by atoms with E-state index in [4.69, 9.17) is 4.74 Å². The highest BCUT2D eigenvalue weighted by Crippen LogP contribution is 2.18. The van der Waals surface area contributed by atoms with Crippen molar-refractivity contribution in [3.8, 4) is 5.75 Å². The van der Waals surface area contributed by atoms with Crippen molar-refractivity contribution in [3.63, 3.8) is 0 Å². The van der Waals surface area contributed by atoms with Crippen LogP contribution in [0.25, 0.3) is 0 Å². The first-order chi connectivity index (χ1) is 11.2. The fourth-order valence-corrected chi connectivity index (χ4v) is 2.80. The summed E-state index contributed by atoms with van der Waals surface area (Å²) in [4.78, 5) is 14.5. The van der Waals surface area contributed by atoms with Gasteiger partial charge in [-0.3, -0.25) is 4.79 Å². The molecule has 1 saturated heterocycles. The van der Waals surface area contributed by atoms with Crippen molar-refractivity contribution >= 4 is 24.0 Å². The van der Waals surface area contributed by atoms with Crippen molar-refractivity contribution in [2.75, 3.05) is 44.6 Å². The van der Waals surface area contributed by atoms with Crippen LogP contribution in [0, 0.1) is 5.92 Å². The van der Waals surface area contributed by atoms with E-state index in [2.05, 4.69) is 29.4 Å². The summed E-state index contributed by atoms with van der Waals surface area (Å²) >= 11 is 0. The molecule has 1 heterocycles. The molecule has 0 atom stereocenters. The van der Waals surface area contributed by atoms with Crippen LogP contribution in [0.5, 0.6) is 5.75 Å². The van der Waals surface area contributed by atoms with Gasteiger partial charge in [0.05, 0.1) is 0 Å². The van der Waals surface area contributed by atoms with Gasteiger partial charge in [-0.05, 0) is 63.3 Å². The number of halogens is 1. The van der Waals surface area contributed by atoms with E-state index in [9.17, 15) is 4.79 Å².